The van der Waals surface area contributed by atoms with Crippen LogP contribution < -0.4 is 0 Å². The van der Waals surface area contributed by atoms with E-state index in [-0.39, 0.29) is 0 Å². The van der Waals surface area contributed by atoms with E-state index < -0.39 is 0 Å². The Balaban J connectivity index is 2.97. The van der Waals surface area contributed by atoms with Gasteiger partial charge in [-0.1, -0.05) is 18.9 Å². The Morgan fingerprint density at radius 1 is 1.71 bits per heavy atom. The van der Waals surface area contributed by atoms with E-state index >= 15 is 0 Å². The summed E-state index contributed by atoms with van der Waals surface area (Å²) < 4.78 is 0. The van der Waals surface area contributed by atoms with Gasteiger partial charge in [0.2, 0.25) is 0 Å². The van der Waals surface area contributed by atoms with Crippen LogP contribution in [0.5, 0.6) is 0 Å². The SMILES string of the molecule is C#CC=CCC[CH2]. The predicted octanol–water partition coefficient (Wildman–Crippen LogP) is 1.79. The Kier molecular flexibility index (Phi) is 4.77. The molecule has 0 aliphatic rings. The molecule has 0 saturated heterocycles. The largest absolute Gasteiger partial charge is 0.115 e. The molecule has 0 nitrogen and oxygen atoms in total. The van der Waals surface area contributed by atoms with Crippen LogP contribution in [0, 0.1) is 19.3 Å². The minimum absolute atomic E-state index is 0.929. The summed E-state index contributed by atoms with van der Waals surface area (Å²) in [5, 5.41) is 0. The molecule has 0 saturated carbocycles. The van der Waals surface area contributed by atoms with Gasteiger partial charge in [-0.3, -0.25) is 0 Å². The van der Waals surface area contributed by atoms with Crippen molar-refractivity contribution in [3.05, 3.63) is 19.1 Å². The third-order valence-corrected chi connectivity index (χ3v) is 0.585. The predicted molar refractivity (Wildman–Crippen MR) is 32.6 cm³/mol. The van der Waals surface area contributed by atoms with Crippen LogP contribution in [0.1, 0.15) is 12.8 Å². The van der Waals surface area contributed by atoms with E-state index in [4.69, 9.17) is 6.42 Å². The normalized spacial score (nSPS) is 9.14. The third-order valence-electron chi connectivity index (χ3n) is 0.585. The highest BCUT2D eigenvalue weighted by atomic mass is 13.7. The first kappa shape index (κ1) is 6.30. The third kappa shape index (κ3) is 5.30. The first-order valence-corrected chi connectivity index (χ1v) is 2.32. The van der Waals surface area contributed by atoms with Crippen LogP contribution in [0.3, 0.4) is 0 Å². The zero-order valence-electron chi connectivity index (χ0n) is 4.35. The van der Waals surface area contributed by atoms with Crippen LogP contribution in [-0.4, -0.2) is 0 Å². The number of hydrogen-bond acceptors (Lipinski definition) is 0. The van der Waals surface area contributed by atoms with Gasteiger partial charge in [-0.2, -0.15) is 0 Å². The fourth-order valence-electron chi connectivity index (χ4n) is 0.269. The maximum atomic E-state index is 4.91. The standard InChI is InChI=1S/C7H9/c1-3-5-7-6-4-2/h1,5,7H,2,4,6H2. The summed E-state index contributed by atoms with van der Waals surface area (Å²) >= 11 is 0. The van der Waals surface area contributed by atoms with Gasteiger partial charge in [0.15, 0.2) is 0 Å². The van der Waals surface area contributed by atoms with Crippen LogP contribution in [0.2, 0.25) is 0 Å². The molecule has 0 fully saturated rings. The molecule has 0 bridgehead atoms. The molecule has 1 radical (unpaired) electrons. The fourth-order valence-corrected chi connectivity index (χ4v) is 0.269. The van der Waals surface area contributed by atoms with Gasteiger partial charge in [-0.05, 0) is 18.9 Å². The van der Waals surface area contributed by atoms with E-state index in [1.165, 1.54) is 0 Å². The Bertz CT molecular complexity index is 82.7. The summed E-state index contributed by atoms with van der Waals surface area (Å²) in [6, 6.07) is 0. The summed E-state index contributed by atoms with van der Waals surface area (Å²) in [7, 11) is 0. The zero-order chi connectivity index (χ0) is 5.54. The molecular formula is C7H9. The molecule has 0 spiro atoms. The molecule has 0 N–H and O–H groups in total. The van der Waals surface area contributed by atoms with Gasteiger partial charge in [0.25, 0.3) is 0 Å². The van der Waals surface area contributed by atoms with Crippen molar-refractivity contribution in [3.8, 4) is 12.3 Å². The molecule has 0 aromatic rings. The Labute approximate surface area is 45.2 Å². The van der Waals surface area contributed by atoms with Gasteiger partial charge in [0.1, 0.15) is 0 Å². The minimum atomic E-state index is 0.929. The summed E-state index contributed by atoms with van der Waals surface area (Å²) in [6.07, 6.45) is 10.5. The van der Waals surface area contributed by atoms with E-state index in [1.807, 2.05) is 6.08 Å². The molecule has 0 unspecified atom stereocenters. The molecule has 0 rings (SSSR count). The quantitative estimate of drug-likeness (QED) is 0.456. The van der Waals surface area contributed by atoms with Gasteiger partial charge in [0.05, 0.1) is 0 Å². The van der Waals surface area contributed by atoms with Crippen LogP contribution in [0.15, 0.2) is 12.2 Å². The van der Waals surface area contributed by atoms with Gasteiger partial charge >= 0.3 is 0 Å². The smallest absolute Gasteiger partial charge is 0.0162 e. The van der Waals surface area contributed by atoms with Gasteiger partial charge in [0, 0.05) is 0 Å². The van der Waals surface area contributed by atoms with Crippen LogP contribution >= 0.6 is 0 Å². The van der Waals surface area contributed by atoms with Crippen LogP contribution in [0.4, 0.5) is 0 Å². The van der Waals surface area contributed by atoms with Gasteiger partial charge in [-0.15, -0.1) is 6.42 Å². The Morgan fingerprint density at radius 2 is 2.43 bits per heavy atom. The van der Waals surface area contributed by atoms with Crippen molar-refractivity contribution in [2.24, 2.45) is 0 Å². The minimum Gasteiger partial charge on any atom is -0.115 e. The first-order valence-electron chi connectivity index (χ1n) is 2.32. The lowest BCUT2D eigenvalue weighted by atomic mass is 10.3. The molecule has 0 amide bonds. The number of rotatable bonds is 2. The summed E-state index contributed by atoms with van der Waals surface area (Å²) in [5.41, 5.74) is 0. The van der Waals surface area contributed by atoms with E-state index in [0.717, 1.165) is 12.8 Å². The van der Waals surface area contributed by atoms with Crippen molar-refractivity contribution in [2.45, 2.75) is 12.8 Å². The number of allylic oxidation sites excluding steroid dienone is 2. The highest BCUT2D eigenvalue weighted by Crippen LogP contribution is 1.85. The topological polar surface area (TPSA) is 0 Å². The fraction of sp³-hybridized carbons (Fsp3) is 0.286. The Morgan fingerprint density at radius 3 is 2.86 bits per heavy atom. The van der Waals surface area contributed by atoms with Crippen molar-refractivity contribution in [3.63, 3.8) is 0 Å². The molecule has 0 atom stereocenters. The lowest BCUT2D eigenvalue weighted by Gasteiger charge is -1.75. The first-order chi connectivity index (χ1) is 3.41. The second-order valence-electron chi connectivity index (χ2n) is 1.21. The second kappa shape index (κ2) is 5.30. The maximum absolute atomic E-state index is 4.91. The highest BCUT2D eigenvalue weighted by molar-refractivity contribution is 5.08. The molecule has 0 aromatic carbocycles. The zero-order valence-corrected chi connectivity index (χ0v) is 4.35. The van der Waals surface area contributed by atoms with Gasteiger partial charge < -0.3 is 0 Å². The molecule has 37 valence electrons. The molecule has 0 aliphatic carbocycles. The average molecular weight is 93.1 g/mol. The second-order valence-corrected chi connectivity index (χ2v) is 1.21. The van der Waals surface area contributed by atoms with E-state index in [1.54, 1.807) is 6.08 Å². The van der Waals surface area contributed by atoms with Crippen molar-refractivity contribution in [1.82, 2.24) is 0 Å². The van der Waals surface area contributed by atoms with E-state index in [2.05, 4.69) is 12.8 Å². The van der Waals surface area contributed by atoms with E-state index in [9.17, 15) is 0 Å². The van der Waals surface area contributed by atoms with Crippen molar-refractivity contribution in [2.75, 3.05) is 0 Å². The summed E-state index contributed by atoms with van der Waals surface area (Å²) in [4.78, 5) is 0. The molecule has 0 aliphatic heterocycles. The lowest BCUT2D eigenvalue weighted by Crippen LogP contribution is -1.57. The van der Waals surface area contributed by atoms with Crippen LogP contribution in [-0.2, 0) is 0 Å². The molecule has 0 aromatic heterocycles. The van der Waals surface area contributed by atoms with Crippen LogP contribution in [0.25, 0.3) is 0 Å². The van der Waals surface area contributed by atoms with Crippen molar-refractivity contribution in [1.29, 1.82) is 0 Å². The molecule has 7 heavy (non-hydrogen) atoms. The monoisotopic (exact) mass is 93.1 g/mol. The van der Waals surface area contributed by atoms with Crippen molar-refractivity contribution < 1.29 is 0 Å². The molecule has 0 heteroatoms. The average Bonchev–Trinajstić information content (AvgIpc) is 1.69. The Hall–Kier alpha value is -0.700. The summed E-state index contributed by atoms with van der Waals surface area (Å²) in [6.45, 7) is 3.64. The summed E-state index contributed by atoms with van der Waals surface area (Å²) in [5.74, 6) is 2.39. The van der Waals surface area contributed by atoms with E-state index in [0.29, 0.717) is 0 Å². The maximum Gasteiger partial charge on any atom is -0.0162 e. The van der Waals surface area contributed by atoms with Crippen molar-refractivity contribution >= 4 is 0 Å². The molecule has 0 heterocycles. The lowest BCUT2D eigenvalue weighted by molar-refractivity contribution is 1.05. The molecular weight excluding hydrogens is 84.1 g/mol. The number of unbranched alkanes of at least 4 members (excludes halogenated alkanes) is 1. The highest BCUT2D eigenvalue weighted by Gasteiger charge is 1.66. The van der Waals surface area contributed by atoms with Gasteiger partial charge in [-0.25, -0.2) is 0 Å². The number of hydrogen-bond donors (Lipinski definition) is 0. The number of terminal acetylenes is 1.